The Hall–Kier alpha value is -2.42. The minimum Gasteiger partial charge on any atom is -0.480 e. The Morgan fingerprint density at radius 2 is 1.79 bits per heavy atom. The van der Waals surface area contributed by atoms with E-state index in [4.69, 9.17) is 9.47 Å². The predicted molar refractivity (Wildman–Crippen MR) is 102 cm³/mol. The molecule has 1 unspecified atom stereocenters. The van der Waals surface area contributed by atoms with Crippen LogP contribution in [0.3, 0.4) is 0 Å². The Labute approximate surface area is 164 Å². The Kier molecular flexibility index (Phi) is 5.34. The van der Waals surface area contributed by atoms with Crippen LogP contribution in [0.25, 0.3) is 0 Å². The van der Waals surface area contributed by atoms with Crippen LogP contribution in [0.2, 0.25) is 0 Å². The summed E-state index contributed by atoms with van der Waals surface area (Å²) in [4.78, 5) is 12.8. The molecule has 1 N–H and O–H groups in total. The minimum absolute atomic E-state index is 0.120. The quantitative estimate of drug-likeness (QED) is 0.816. The number of benzene rings is 2. The van der Waals surface area contributed by atoms with Crippen LogP contribution in [-0.2, 0) is 32.5 Å². The highest BCUT2D eigenvalue weighted by atomic mass is 32.2. The summed E-state index contributed by atoms with van der Waals surface area (Å²) < 4.78 is 38.3. The third kappa shape index (κ3) is 3.76. The largest absolute Gasteiger partial charge is 0.480 e. The fraction of sp³-hybridized carbons (Fsp3) is 0.350. The van der Waals surface area contributed by atoms with Crippen LogP contribution in [0.1, 0.15) is 11.1 Å². The van der Waals surface area contributed by atoms with Gasteiger partial charge < -0.3 is 14.8 Å². The SMILES string of the molecule is O=C(NCc1ccccc1S(=O)(=O)N1CCOCC1)C1Cc2ccccc2O1. The number of carbonyl (C=O) groups excluding carboxylic acids is 1. The number of hydrogen-bond acceptors (Lipinski definition) is 5. The van der Waals surface area contributed by atoms with Gasteiger partial charge in [-0.25, -0.2) is 8.42 Å². The van der Waals surface area contributed by atoms with Crippen LogP contribution in [0.4, 0.5) is 0 Å². The van der Waals surface area contributed by atoms with Gasteiger partial charge in [-0.05, 0) is 23.3 Å². The molecule has 8 heteroatoms. The average Bonchev–Trinajstić information content (AvgIpc) is 3.17. The second-order valence-corrected chi connectivity index (χ2v) is 8.67. The van der Waals surface area contributed by atoms with Gasteiger partial charge in [0.1, 0.15) is 5.75 Å². The van der Waals surface area contributed by atoms with Crippen molar-refractivity contribution in [2.24, 2.45) is 0 Å². The first-order chi connectivity index (χ1) is 13.6. The Balaban J connectivity index is 1.45. The minimum atomic E-state index is -3.63. The smallest absolute Gasteiger partial charge is 0.261 e. The van der Waals surface area contributed by atoms with Crippen molar-refractivity contribution in [1.29, 1.82) is 0 Å². The van der Waals surface area contributed by atoms with E-state index < -0.39 is 16.1 Å². The molecule has 28 heavy (non-hydrogen) atoms. The summed E-state index contributed by atoms with van der Waals surface area (Å²) >= 11 is 0. The van der Waals surface area contributed by atoms with E-state index in [1.807, 2.05) is 24.3 Å². The highest BCUT2D eigenvalue weighted by Crippen LogP contribution is 2.28. The lowest BCUT2D eigenvalue weighted by Gasteiger charge is -2.27. The average molecular weight is 402 g/mol. The Morgan fingerprint density at radius 3 is 2.57 bits per heavy atom. The molecule has 0 saturated carbocycles. The number of hydrogen-bond donors (Lipinski definition) is 1. The number of ether oxygens (including phenoxy) is 2. The van der Waals surface area contributed by atoms with E-state index >= 15 is 0 Å². The van der Waals surface area contributed by atoms with Gasteiger partial charge in [-0.2, -0.15) is 4.31 Å². The fourth-order valence-electron chi connectivity index (χ4n) is 3.45. The molecule has 1 atom stereocenters. The molecule has 2 aliphatic heterocycles. The molecule has 2 heterocycles. The van der Waals surface area contributed by atoms with Gasteiger partial charge in [-0.3, -0.25) is 4.79 Å². The second kappa shape index (κ2) is 7.90. The molecule has 2 aromatic carbocycles. The number of sulfonamides is 1. The van der Waals surface area contributed by atoms with Gasteiger partial charge in [0.25, 0.3) is 5.91 Å². The zero-order chi connectivity index (χ0) is 19.6. The van der Waals surface area contributed by atoms with Gasteiger partial charge in [0, 0.05) is 26.1 Å². The number of para-hydroxylation sites is 1. The zero-order valence-electron chi connectivity index (χ0n) is 15.3. The van der Waals surface area contributed by atoms with Crippen molar-refractivity contribution in [1.82, 2.24) is 9.62 Å². The molecule has 2 aromatic rings. The molecule has 1 fully saturated rings. The van der Waals surface area contributed by atoms with E-state index in [-0.39, 0.29) is 17.3 Å². The van der Waals surface area contributed by atoms with Crippen LogP contribution in [-0.4, -0.2) is 51.0 Å². The monoisotopic (exact) mass is 402 g/mol. The first-order valence-corrected chi connectivity index (χ1v) is 10.7. The topological polar surface area (TPSA) is 84.9 Å². The summed E-state index contributed by atoms with van der Waals surface area (Å²) in [6, 6.07) is 14.3. The first-order valence-electron chi connectivity index (χ1n) is 9.24. The number of nitrogens with one attached hydrogen (secondary N) is 1. The number of amides is 1. The van der Waals surface area contributed by atoms with Crippen molar-refractivity contribution >= 4 is 15.9 Å². The molecule has 0 spiro atoms. The molecule has 1 saturated heterocycles. The number of carbonyl (C=O) groups is 1. The van der Waals surface area contributed by atoms with Crippen molar-refractivity contribution < 1.29 is 22.7 Å². The highest BCUT2D eigenvalue weighted by molar-refractivity contribution is 7.89. The summed E-state index contributed by atoms with van der Waals surface area (Å²) in [7, 11) is -3.63. The van der Waals surface area contributed by atoms with Gasteiger partial charge in [0.2, 0.25) is 10.0 Å². The van der Waals surface area contributed by atoms with E-state index in [1.54, 1.807) is 24.3 Å². The molecule has 7 nitrogen and oxygen atoms in total. The molecule has 1 amide bonds. The number of morpholine rings is 1. The normalized spacial score (nSPS) is 19.6. The van der Waals surface area contributed by atoms with Gasteiger partial charge in [-0.1, -0.05) is 36.4 Å². The summed E-state index contributed by atoms with van der Waals surface area (Å²) in [5, 5.41) is 2.82. The summed E-state index contributed by atoms with van der Waals surface area (Å²) in [5.41, 5.74) is 1.55. The van der Waals surface area contributed by atoms with Crippen LogP contribution in [0.5, 0.6) is 5.75 Å². The third-order valence-corrected chi connectivity index (χ3v) is 6.95. The van der Waals surface area contributed by atoms with Crippen molar-refractivity contribution in [2.45, 2.75) is 24.0 Å². The predicted octanol–water partition coefficient (Wildman–Crippen LogP) is 1.33. The number of rotatable bonds is 5. The second-order valence-electron chi connectivity index (χ2n) is 6.76. The van der Waals surface area contributed by atoms with E-state index in [0.717, 1.165) is 11.3 Å². The lowest BCUT2D eigenvalue weighted by Crippen LogP contribution is -2.41. The van der Waals surface area contributed by atoms with E-state index in [1.165, 1.54) is 4.31 Å². The van der Waals surface area contributed by atoms with Crippen LogP contribution < -0.4 is 10.1 Å². The zero-order valence-corrected chi connectivity index (χ0v) is 16.2. The fourth-order valence-corrected chi connectivity index (χ4v) is 5.08. The van der Waals surface area contributed by atoms with Crippen LogP contribution >= 0.6 is 0 Å². The van der Waals surface area contributed by atoms with Crippen molar-refractivity contribution in [3.63, 3.8) is 0 Å². The molecule has 0 bridgehead atoms. The number of nitrogens with zero attached hydrogens (tertiary/aromatic N) is 1. The molecule has 2 aliphatic rings. The molecule has 0 radical (unpaired) electrons. The maximum absolute atomic E-state index is 13.0. The van der Waals surface area contributed by atoms with Crippen molar-refractivity contribution in [2.75, 3.05) is 26.3 Å². The standard InChI is InChI=1S/C20H22N2O5S/c23-20(18-13-15-5-1-3-7-17(15)27-18)21-14-16-6-2-4-8-19(16)28(24,25)22-9-11-26-12-10-22/h1-8,18H,9-14H2,(H,21,23). The maximum Gasteiger partial charge on any atom is 0.261 e. The third-order valence-electron chi connectivity index (χ3n) is 4.95. The molecule has 148 valence electrons. The number of fused-ring (bicyclic) bond motifs is 1. The molecule has 0 aromatic heterocycles. The van der Waals surface area contributed by atoms with Crippen LogP contribution in [0.15, 0.2) is 53.4 Å². The molecular weight excluding hydrogens is 380 g/mol. The lowest BCUT2D eigenvalue weighted by atomic mass is 10.1. The lowest BCUT2D eigenvalue weighted by molar-refractivity contribution is -0.127. The van der Waals surface area contributed by atoms with E-state index in [2.05, 4.69) is 5.32 Å². The van der Waals surface area contributed by atoms with E-state index in [0.29, 0.717) is 38.3 Å². The van der Waals surface area contributed by atoms with E-state index in [9.17, 15) is 13.2 Å². The van der Waals surface area contributed by atoms with Crippen LogP contribution in [0, 0.1) is 0 Å². The maximum atomic E-state index is 13.0. The summed E-state index contributed by atoms with van der Waals surface area (Å²) in [6.07, 6.45) is -0.0872. The summed E-state index contributed by atoms with van der Waals surface area (Å²) in [6.45, 7) is 1.55. The first kappa shape index (κ1) is 18.9. The van der Waals surface area contributed by atoms with Gasteiger partial charge in [0.05, 0.1) is 18.1 Å². The van der Waals surface area contributed by atoms with Gasteiger partial charge >= 0.3 is 0 Å². The van der Waals surface area contributed by atoms with Gasteiger partial charge in [0.15, 0.2) is 6.10 Å². The summed E-state index contributed by atoms with van der Waals surface area (Å²) in [5.74, 6) is 0.465. The molecule has 4 rings (SSSR count). The van der Waals surface area contributed by atoms with Crippen molar-refractivity contribution in [3.8, 4) is 5.75 Å². The Bertz CT molecular complexity index is 945. The van der Waals surface area contributed by atoms with Crippen molar-refractivity contribution in [3.05, 3.63) is 59.7 Å². The molecular formula is C20H22N2O5S. The van der Waals surface area contributed by atoms with Gasteiger partial charge in [-0.15, -0.1) is 0 Å². The molecule has 0 aliphatic carbocycles. The Morgan fingerprint density at radius 1 is 1.07 bits per heavy atom. The highest BCUT2D eigenvalue weighted by Gasteiger charge is 2.30.